The van der Waals surface area contributed by atoms with Crippen LogP contribution in [0.4, 0.5) is 19.0 Å². The van der Waals surface area contributed by atoms with Crippen molar-refractivity contribution in [2.75, 3.05) is 24.6 Å². The summed E-state index contributed by atoms with van der Waals surface area (Å²) in [5.41, 5.74) is 0. The monoisotopic (exact) mass is 333 g/mol. The highest BCUT2D eigenvalue weighted by Gasteiger charge is 2.32. The zero-order valence-electron chi connectivity index (χ0n) is 8.38. The minimum atomic E-state index is -4.40. The SMILES string of the molecule is OCCN(CC(F)(F)F)c1ncnc(Cl)c1Br. The van der Waals surface area contributed by atoms with Crippen molar-refractivity contribution in [2.24, 2.45) is 0 Å². The van der Waals surface area contributed by atoms with Gasteiger partial charge >= 0.3 is 6.18 Å². The summed E-state index contributed by atoms with van der Waals surface area (Å²) in [6.45, 7) is -1.85. The molecule has 4 nitrogen and oxygen atoms in total. The van der Waals surface area contributed by atoms with Gasteiger partial charge in [0.25, 0.3) is 0 Å². The number of hydrogen-bond donors (Lipinski definition) is 1. The van der Waals surface area contributed by atoms with Gasteiger partial charge in [-0.15, -0.1) is 0 Å². The predicted octanol–water partition coefficient (Wildman–Crippen LogP) is 2.25. The number of aromatic nitrogens is 2. The van der Waals surface area contributed by atoms with Crippen molar-refractivity contribution in [1.29, 1.82) is 0 Å². The molecule has 0 spiro atoms. The summed E-state index contributed by atoms with van der Waals surface area (Å²) in [5.74, 6) is -0.00336. The lowest BCUT2D eigenvalue weighted by molar-refractivity contribution is -0.120. The summed E-state index contributed by atoms with van der Waals surface area (Å²) in [6.07, 6.45) is -3.34. The van der Waals surface area contributed by atoms with Crippen molar-refractivity contribution in [3.8, 4) is 0 Å². The second kappa shape index (κ2) is 5.83. The first-order valence-corrected chi connectivity index (χ1v) is 5.61. The molecule has 0 saturated carbocycles. The van der Waals surface area contributed by atoms with Crippen LogP contribution in [0.1, 0.15) is 0 Å². The Balaban J connectivity index is 3.01. The molecule has 0 aliphatic heterocycles. The third-order valence-corrected chi connectivity index (χ3v) is 3.01. The molecule has 0 radical (unpaired) electrons. The zero-order chi connectivity index (χ0) is 13.1. The molecule has 1 aromatic heterocycles. The minimum absolute atomic E-state index is 0.00336. The van der Waals surface area contributed by atoms with Crippen LogP contribution >= 0.6 is 27.5 Å². The van der Waals surface area contributed by atoms with Crippen LogP contribution in [0.2, 0.25) is 5.15 Å². The van der Waals surface area contributed by atoms with E-state index in [1.807, 2.05) is 0 Å². The number of anilines is 1. The summed E-state index contributed by atoms with van der Waals surface area (Å²) in [6, 6.07) is 0. The number of alkyl halides is 3. The Kier molecular flexibility index (Phi) is 4.96. The number of nitrogens with zero attached hydrogens (tertiary/aromatic N) is 3. The smallest absolute Gasteiger partial charge is 0.395 e. The third-order valence-electron chi connectivity index (χ3n) is 1.77. The molecule has 0 aliphatic carbocycles. The molecule has 1 N–H and O–H groups in total. The van der Waals surface area contributed by atoms with E-state index in [9.17, 15) is 13.2 Å². The van der Waals surface area contributed by atoms with E-state index in [0.29, 0.717) is 0 Å². The molecule has 1 rings (SSSR count). The first-order chi connectivity index (χ1) is 7.85. The van der Waals surface area contributed by atoms with E-state index in [2.05, 4.69) is 25.9 Å². The van der Waals surface area contributed by atoms with E-state index in [1.165, 1.54) is 0 Å². The van der Waals surface area contributed by atoms with Gasteiger partial charge in [-0.3, -0.25) is 0 Å². The lowest BCUT2D eigenvalue weighted by Crippen LogP contribution is -2.37. The fourth-order valence-electron chi connectivity index (χ4n) is 1.16. The van der Waals surface area contributed by atoms with Crippen LogP contribution in [-0.4, -0.2) is 40.9 Å². The van der Waals surface area contributed by atoms with Gasteiger partial charge in [0.1, 0.15) is 23.8 Å². The Hall–Kier alpha value is -0.600. The number of aliphatic hydroxyl groups is 1. The van der Waals surface area contributed by atoms with Crippen LogP contribution in [0.15, 0.2) is 10.8 Å². The zero-order valence-corrected chi connectivity index (χ0v) is 10.7. The summed E-state index contributed by atoms with van der Waals surface area (Å²) in [5, 5.41) is 8.77. The van der Waals surface area contributed by atoms with Gasteiger partial charge < -0.3 is 10.0 Å². The van der Waals surface area contributed by atoms with E-state index in [4.69, 9.17) is 16.7 Å². The molecule has 0 atom stereocenters. The lowest BCUT2D eigenvalue weighted by Gasteiger charge is -2.24. The van der Waals surface area contributed by atoms with Crippen molar-refractivity contribution in [3.05, 3.63) is 16.0 Å². The first-order valence-electron chi connectivity index (χ1n) is 4.43. The Morgan fingerprint density at radius 2 is 2.06 bits per heavy atom. The minimum Gasteiger partial charge on any atom is -0.395 e. The lowest BCUT2D eigenvalue weighted by atomic mass is 10.4. The summed E-state index contributed by atoms with van der Waals surface area (Å²) in [7, 11) is 0. The molecule has 17 heavy (non-hydrogen) atoms. The highest BCUT2D eigenvalue weighted by Crippen LogP contribution is 2.30. The summed E-state index contributed by atoms with van der Waals surface area (Å²) >= 11 is 8.67. The van der Waals surface area contributed by atoms with Gasteiger partial charge in [0, 0.05) is 6.54 Å². The molecule has 0 aromatic carbocycles. The van der Waals surface area contributed by atoms with Crippen LogP contribution in [0.5, 0.6) is 0 Å². The number of hydrogen-bond acceptors (Lipinski definition) is 4. The van der Waals surface area contributed by atoms with Crippen LogP contribution in [-0.2, 0) is 0 Å². The normalized spacial score (nSPS) is 11.6. The highest BCUT2D eigenvalue weighted by molar-refractivity contribution is 9.10. The fraction of sp³-hybridized carbons (Fsp3) is 0.500. The third kappa shape index (κ3) is 4.29. The van der Waals surface area contributed by atoms with Gasteiger partial charge in [-0.05, 0) is 15.9 Å². The molecule has 96 valence electrons. The van der Waals surface area contributed by atoms with Gasteiger partial charge in [0.05, 0.1) is 11.1 Å². The van der Waals surface area contributed by atoms with E-state index >= 15 is 0 Å². The van der Waals surface area contributed by atoms with Gasteiger partial charge in [-0.25, -0.2) is 9.97 Å². The molecule has 0 bridgehead atoms. The molecule has 0 fully saturated rings. The largest absolute Gasteiger partial charge is 0.405 e. The van der Waals surface area contributed by atoms with E-state index in [-0.39, 0.29) is 22.0 Å². The molecule has 1 aromatic rings. The number of rotatable bonds is 4. The molecule has 0 aliphatic rings. The average molecular weight is 335 g/mol. The van der Waals surface area contributed by atoms with Crippen molar-refractivity contribution < 1.29 is 18.3 Å². The summed E-state index contributed by atoms with van der Waals surface area (Å²) in [4.78, 5) is 8.20. The quantitative estimate of drug-likeness (QED) is 0.858. The van der Waals surface area contributed by atoms with Gasteiger partial charge in [-0.2, -0.15) is 13.2 Å². The Labute approximate surface area is 109 Å². The molecule has 0 amide bonds. The summed E-state index contributed by atoms with van der Waals surface area (Å²) < 4.78 is 37.2. The second-order valence-corrected chi connectivity index (χ2v) is 4.21. The van der Waals surface area contributed by atoms with Gasteiger partial charge in [0.15, 0.2) is 0 Å². The van der Waals surface area contributed by atoms with Crippen LogP contribution in [0, 0.1) is 0 Å². The fourth-order valence-corrected chi connectivity index (χ4v) is 1.74. The number of halogens is 5. The highest BCUT2D eigenvalue weighted by atomic mass is 79.9. The maximum absolute atomic E-state index is 12.3. The number of aliphatic hydroxyl groups excluding tert-OH is 1. The molecular formula is C8H8BrClF3N3O. The van der Waals surface area contributed by atoms with Crippen molar-refractivity contribution in [1.82, 2.24) is 9.97 Å². The van der Waals surface area contributed by atoms with Gasteiger partial charge in [0.2, 0.25) is 0 Å². The predicted molar refractivity (Wildman–Crippen MR) is 60.1 cm³/mol. The Bertz CT molecular complexity index is 391. The Morgan fingerprint density at radius 3 is 2.59 bits per heavy atom. The van der Waals surface area contributed by atoms with Crippen molar-refractivity contribution >= 4 is 33.3 Å². The van der Waals surface area contributed by atoms with Gasteiger partial charge in [-0.1, -0.05) is 11.6 Å². The average Bonchev–Trinajstić information content (AvgIpc) is 2.19. The van der Waals surface area contributed by atoms with Crippen molar-refractivity contribution in [3.63, 3.8) is 0 Å². The van der Waals surface area contributed by atoms with Crippen molar-refractivity contribution in [2.45, 2.75) is 6.18 Å². The maximum Gasteiger partial charge on any atom is 0.405 e. The molecule has 0 saturated heterocycles. The Morgan fingerprint density at radius 1 is 1.41 bits per heavy atom. The van der Waals surface area contributed by atoms with E-state index in [0.717, 1.165) is 11.2 Å². The standard InChI is InChI=1S/C8H8BrClF3N3O/c9-5-6(10)14-4-15-7(5)16(1-2-17)3-8(11,12)13/h4,17H,1-3H2. The van der Waals surface area contributed by atoms with Crippen LogP contribution < -0.4 is 4.90 Å². The van der Waals surface area contributed by atoms with Crippen LogP contribution in [0.3, 0.4) is 0 Å². The first kappa shape index (κ1) is 14.5. The van der Waals surface area contributed by atoms with E-state index in [1.54, 1.807) is 0 Å². The molecule has 9 heteroatoms. The maximum atomic E-state index is 12.3. The van der Waals surface area contributed by atoms with E-state index < -0.39 is 19.3 Å². The molecule has 0 unspecified atom stereocenters. The molecular weight excluding hydrogens is 326 g/mol. The van der Waals surface area contributed by atoms with Crippen LogP contribution in [0.25, 0.3) is 0 Å². The molecule has 1 heterocycles. The second-order valence-electron chi connectivity index (χ2n) is 3.06. The topological polar surface area (TPSA) is 49.2 Å².